The van der Waals surface area contributed by atoms with Gasteiger partial charge in [-0.1, -0.05) is 12.2 Å². The zero-order chi connectivity index (χ0) is 18.1. The lowest BCUT2D eigenvalue weighted by Crippen LogP contribution is -2.36. The Morgan fingerprint density at radius 1 is 1.12 bits per heavy atom. The fourth-order valence-electron chi connectivity index (χ4n) is 3.75. The maximum atomic E-state index is 12.6. The summed E-state index contributed by atoms with van der Waals surface area (Å²) < 4.78 is 4.65. The summed E-state index contributed by atoms with van der Waals surface area (Å²) in [6.45, 7) is 0. The molecular weight excluding hydrogens is 324 g/mol. The number of methoxy groups -OCH3 is 1. The Bertz CT molecular complexity index is 727. The molecule has 0 spiro atoms. The molecule has 0 saturated heterocycles. The molecule has 0 aliphatic heterocycles. The van der Waals surface area contributed by atoms with Crippen molar-refractivity contribution in [3.63, 3.8) is 0 Å². The molecule has 2 N–H and O–H groups in total. The molecule has 1 fully saturated rings. The van der Waals surface area contributed by atoms with E-state index in [0.29, 0.717) is 11.4 Å². The molecular formula is C18H20N2O5. The third-order valence-electron chi connectivity index (χ3n) is 5.02. The van der Waals surface area contributed by atoms with E-state index in [1.807, 2.05) is 12.2 Å². The summed E-state index contributed by atoms with van der Waals surface area (Å²) in [6.07, 6.45) is 4.08. The van der Waals surface area contributed by atoms with Crippen LogP contribution in [0.4, 0.5) is 16.2 Å². The van der Waals surface area contributed by atoms with Crippen LogP contribution < -0.4 is 10.2 Å². The first-order valence-corrected chi connectivity index (χ1v) is 8.06. The number of ether oxygens (including phenoxy) is 1. The van der Waals surface area contributed by atoms with E-state index in [1.54, 1.807) is 31.3 Å². The number of nitrogens with zero attached hydrogens (tertiary/aromatic N) is 1. The molecule has 3 rings (SSSR count). The molecule has 0 radical (unpaired) electrons. The molecule has 1 aromatic rings. The molecule has 0 heterocycles. The first kappa shape index (κ1) is 17.0. The van der Waals surface area contributed by atoms with Crippen LogP contribution in [0.2, 0.25) is 0 Å². The molecule has 25 heavy (non-hydrogen) atoms. The van der Waals surface area contributed by atoms with Gasteiger partial charge >= 0.3 is 12.1 Å². The lowest BCUT2D eigenvalue weighted by molar-refractivity contribution is -0.146. The molecule has 1 aromatic carbocycles. The Kier molecular flexibility index (Phi) is 4.48. The lowest BCUT2D eigenvalue weighted by Gasteiger charge is -2.24. The largest absolute Gasteiger partial charge is 0.481 e. The number of aliphatic carboxylic acids is 1. The third-order valence-corrected chi connectivity index (χ3v) is 5.02. The zero-order valence-corrected chi connectivity index (χ0v) is 14.0. The number of fused-ring (bicyclic) bond motifs is 2. The second kappa shape index (κ2) is 6.58. The van der Waals surface area contributed by atoms with Crippen LogP contribution in [-0.2, 0) is 14.3 Å². The Balaban J connectivity index is 1.70. The number of amides is 2. The third kappa shape index (κ3) is 3.09. The van der Waals surface area contributed by atoms with E-state index < -0.39 is 23.9 Å². The van der Waals surface area contributed by atoms with Crippen LogP contribution in [0.25, 0.3) is 0 Å². The van der Waals surface area contributed by atoms with E-state index in [9.17, 15) is 19.5 Å². The quantitative estimate of drug-likeness (QED) is 0.818. The van der Waals surface area contributed by atoms with Gasteiger partial charge in [0.15, 0.2) is 0 Å². The van der Waals surface area contributed by atoms with Crippen LogP contribution in [0.1, 0.15) is 6.42 Å². The molecule has 0 aromatic heterocycles. The lowest BCUT2D eigenvalue weighted by atomic mass is 9.82. The number of nitrogens with one attached hydrogen (secondary N) is 1. The molecule has 4 atom stereocenters. The SMILES string of the molecule is COC(=O)N(C)c1ccc(NC(=O)[C@H]2[C@@H](C(=O)O)[C@H]3C=C[C@H]2C3)cc1. The normalized spacial score (nSPS) is 26.3. The van der Waals surface area contributed by atoms with Crippen molar-refractivity contribution in [1.29, 1.82) is 0 Å². The number of carboxylic acids is 1. The van der Waals surface area contributed by atoms with Crippen LogP contribution >= 0.6 is 0 Å². The van der Waals surface area contributed by atoms with Crippen molar-refractivity contribution < 1.29 is 24.2 Å². The Hall–Kier alpha value is -2.83. The number of carbonyl (C=O) groups excluding carboxylic acids is 2. The number of hydrogen-bond acceptors (Lipinski definition) is 4. The van der Waals surface area contributed by atoms with Gasteiger partial charge in [0.1, 0.15) is 0 Å². The van der Waals surface area contributed by atoms with Crippen LogP contribution in [0, 0.1) is 23.7 Å². The summed E-state index contributed by atoms with van der Waals surface area (Å²) in [4.78, 5) is 36.9. The van der Waals surface area contributed by atoms with Gasteiger partial charge in [-0.2, -0.15) is 0 Å². The van der Waals surface area contributed by atoms with Gasteiger partial charge in [-0.15, -0.1) is 0 Å². The highest BCUT2D eigenvalue weighted by molar-refractivity contribution is 5.96. The van der Waals surface area contributed by atoms with Gasteiger partial charge in [-0.05, 0) is 42.5 Å². The van der Waals surface area contributed by atoms with Gasteiger partial charge in [0.25, 0.3) is 0 Å². The van der Waals surface area contributed by atoms with Gasteiger partial charge in [0, 0.05) is 18.4 Å². The molecule has 1 saturated carbocycles. The minimum atomic E-state index is -0.924. The van der Waals surface area contributed by atoms with Crippen LogP contribution in [0.3, 0.4) is 0 Å². The fraction of sp³-hybridized carbons (Fsp3) is 0.389. The number of benzene rings is 1. The number of rotatable bonds is 4. The minimum absolute atomic E-state index is 0.0177. The monoisotopic (exact) mass is 344 g/mol. The molecule has 2 bridgehead atoms. The summed E-state index contributed by atoms with van der Waals surface area (Å²) in [7, 11) is 2.88. The summed E-state index contributed by atoms with van der Waals surface area (Å²) in [5.41, 5.74) is 1.18. The van der Waals surface area contributed by atoms with Crippen molar-refractivity contribution in [2.75, 3.05) is 24.4 Å². The van der Waals surface area contributed by atoms with E-state index in [2.05, 4.69) is 10.1 Å². The van der Waals surface area contributed by atoms with E-state index in [-0.39, 0.29) is 17.7 Å². The molecule has 2 aliphatic rings. The summed E-state index contributed by atoms with van der Waals surface area (Å²) in [5.74, 6) is -2.50. The zero-order valence-electron chi connectivity index (χ0n) is 14.0. The van der Waals surface area contributed by atoms with Gasteiger partial charge in [0.2, 0.25) is 5.91 Å². The second-order valence-corrected chi connectivity index (χ2v) is 6.40. The van der Waals surface area contributed by atoms with Crippen LogP contribution in [0.5, 0.6) is 0 Å². The van der Waals surface area contributed by atoms with E-state index in [0.717, 1.165) is 6.42 Å². The molecule has 7 heteroatoms. The Morgan fingerprint density at radius 2 is 1.72 bits per heavy atom. The predicted molar refractivity (Wildman–Crippen MR) is 91.2 cm³/mol. The maximum absolute atomic E-state index is 12.6. The van der Waals surface area contributed by atoms with Crippen molar-refractivity contribution in [2.24, 2.45) is 23.7 Å². The minimum Gasteiger partial charge on any atom is -0.481 e. The van der Waals surface area contributed by atoms with E-state index in [4.69, 9.17) is 0 Å². The molecule has 132 valence electrons. The molecule has 7 nitrogen and oxygen atoms in total. The highest BCUT2D eigenvalue weighted by atomic mass is 16.5. The molecule has 2 amide bonds. The van der Waals surface area contributed by atoms with E-state index in [1.165, 1.54) is 12.0 Å². The Morgan fingerprint density at radius 3 is 2.28 bits per heavy atom. The first-order valence-electron chi connectivity index (χ1n) is 8.06. The van der Waals surface area contributed by atoms with Crippen molar-refractivity contribution in [3.05, 3.63) is 36.4 Å². The molecule has 0 unspecified atom stereocenters. The first-order chi connectivity index (χ1) is 11.9. The van der Waals surface area contributed by atoms with Gasteiger partial charge in [-0.3, -0.25) is 14.5 Å². The van der Waals surface area contributed by atoms with Crippen molar-refractivity contribution in [3.8, 4) is 0 Å². The van der Waals surface area contributed by atoms with Gasteiger partial charge in [-0.25, -0.2) is 4.79 Å². The summed E-state index contributed by atoms with van der Waals surface area (Å²) >= 11 is 0. The summed E-state index contributed by atoms with van der Waals surface area (Å²) in [6, 6.07) is 6.71. The van der Waals surface area contributed by atoms with E-state index >= 15 is 0 Å². The Labute approximate surface area is 145 Å². The number of carboxylic acid groups (broad SMARTS) is 1. The maximum Gasteiger partial charge on any atom is 0.413 e. The van der Waals surface area contributed by atoms with Gasteiger partial charge < -0.3 is 15.2 Å². The highest BCUT2D eigenvalue weighted by Crippen LogP contribution is 2.48. The summed E-state index contributed by atoms with van der Waals surface area (Å²) in [5, 5.41) is 12.2. The fourth-order valence-corrected chi connectivity index (χ4v) is 3.75. The van der Waals surface area contributed by atoms with Gasteiger partial charge in [0.05, 0.1) is 18.9 Å². The average molecular weight is 344 g/mol. The standard InChI is InChI=1S/C18H20N2O5/c1-20(18(24)25-2)13-7-5-12(6-8-13)19-16(21)14-10-3-4-11(9-10)15(14)17(22)23/h3-8,10-11,14-15H,9H2,1-2H3,(H,19,21)(H,22,23)/t10-,11-,14+,15-/m0/s1. The van der Waals surface area contributed by atoms with Crippen LogP contribution in [0.15, 0.2) is 36.4 Å². The topological polar surface area (TPSA) is 95.9 Å². The smallest absolute Gasteiger partial charge is 0.413 e. The number of hydrogen-bond donors (Lipinski definition) is 2. The van der Waals surface area contributed by atoms with Crippen molar-refractivity contribution >= 4 is 29.3 Å². The number of carbonyl (C=O) groups is 3. The second-order valence-electron chi connectivity index (χ2n) is 6.40. The van der Waals surface area contributed by atoms with Crippen LogP contribution in [-0.4, -0.2) is 37.2 Å². The predicted octanol–water partition coefficient (Wildman–Crippen LogP) is 2.35. The van der Waals surface area contributed by atoms with Crippen molar-refractivity contribution in [2.45, 2.75) is 6.42 Å². The number of anilines is 2. The average Bonchev–Trinajstić information content (AvgIpc) is 3.22. The molecule has 2 aliphatic carbocycles. The highest BCUT2D eigenvalue weighted by Gasteiger charge is 2.51. The number of allylic oxidation sites excluding steroid dienone is 2. The van der Waals surface area contributed by atoms with Crippen molar-refractivity contribution in [1.82, 2.24) is 0 Å².